The number of carbonyl (C=O) groups is 1. The summed E-state index contributed by atoms with van der Waals surface area (Å²) in [6, 6.07) is 14.8. The van der Waals surface area contributed by atoms with E-state index in [2.05, 4.69) is 11.1 Å². The molecule has 0 saturated heterocycles. The Kier molecular flexibility index (Phi) is 4.64. The number of hydrogen-bond acceptors (Lipinski definition) is 3. The molecule has 1 aliphatic rings. The van der Waals surface area contributed by atoms with Crippen molar-refractivity contribution in [1.29, 1.82) is 0 Å². The van der Waals surface area contributed by atoms with Gasteiger partial charge < -0.3 is 4.90 Å². The van der Waals surface area contributed by atoms with E-state index in [0.29, 0.717) is 24.1 Å². The van der Waals surface area contributed by atoms with Gasteiger partial charge in [-0.1, -0.05) is 30.3 Å². The van der Waals surface area contributed by atoms with Crippen molar-refractivity contribution in [2.75, 3.05) is 11.4 Å². The fourth-order valence-electron chi connectivity index (χ4n) is 3.97. The van der Waals surface area contributed by atoms with Crippen LogP contribution in [0.15, 0.2) is 60.1 Å². The number of benzene rings is 2. The van der Waals surface area contributed by atoms with Crippen molar-refractivity contribution in [1.82, 2.24) is 9.38 Å². The summed E-state index contributed by atoms with van der Waals surface area (Å²) in [5.41, 5.74) is 4.43. The number of carbonyl (C=O) groups excluding carboxylic acids is 1. The first-order valence-electron chi connectivity index (χ1n) is 9.79. The molecule has 146 valence electrons. The van der Waals surface area contributed by atoms with Crippen LogP contribution in [-0.2, 0) is 17.6 Å². The first kappa shape index (κ1) is 18.1. The predicted molar refractivity (Wildman–Crippen MR) is 114 cm³/mol. The molecule has 0 spiro atoms. The van der Waals surface area contributed by atoms with Crippen LogP contribution in [0.4, 0.5) is 10.1 Å². The van der Waals surface area contributed by atoms with Crippen LogP contribution < -0.4 is 4.90 Å². The van der Waals surface area contributed by atoms with E-state index in [4.69, 9.17) is 0 Å². The lowest BCUT2D eigenvalue weighted by atomic mass is 10.0. The molecule has 2 aromatic heterocycles. The molecule has 5 rings (SSSR count). The second-order valence-corrected chi connectivity index (χ2v) is 8.10. The third-order valence-electron chi connectivity index (χ3n) is 5.44. The van der Waals surface area contributed by atoms with Crippen LogP contribution in [0, 0.1) is 5.82 Å². The van der Waals surface area contributed by atoms with E-state index in [1.54, 1.807) is 12.1 Å². The highest BCUT2D eigenvalue weighted by atomic mass is 32.1. The number of imidazole rings is 1. The van der Waals surface area contributed by atoms with E-state index >= 15 is 0 Å². The van der Waals surface area contributed by atoms with E-state index in [0.717, 1.165) is 35.7 Å². The number of amides is 1. The minimum absolute atomic E-state index is 0.144. The Morgan fingerprint density at radius 3 is 2.86 bits per heavy atom. The van der Waals surface area contributed by atoms with Crippen LogP contribution in [0.2, 0.25) is 0 Å². The SMILES string of the molecule is O=C(CCc1csc2nc(-c3ccccc3F)cn12)N1CCCc2ccccc21. The number of halogens is 1. The molecule has 1 amide bonds. The fraction of sp³-hybridized carbons (Fsp3) is 0.217. The molecule has 0 bridgehead atoms. The molecule has 2 aromatic carbocycles. The van der Waals surface area contributed by atoms with Crippen molar-refractivity contribution < 1.29 is 9.18 Å². The first-order valence-corrected chi connectivity index (χ1v) is 10.7. The molecule has 29 heavy (non-hydrogen) atoms. The maximum atomic E-state index is 14.1. The van der Waals surface area contributed by atoms with Crippen LogP contribution >= 0.6 is 11.3 Å². The molecule has 0 radical (unpaired) electrons. The van der Waals surface area contributed by atoms with E-state index in [1.165, 1.54) is 23.0 Å². The molecule has 1 aliphatic heterocycles. The Morgan fingerprint density at radius 1 is 1.14 bits per heavy atom. The van der Waals surface area contributed by atoms with Crippen molar-refractivity contribution in [2.45, 2.75) is 25.7 Å². The minimum atomic E-state index is -0.279. The van der Waals surface area contributed by atoms with Gasteiger partial charge in [-0.15, -0.1) is 11.3 Å². The zero-order chi connectivity index (χ0) is 19.8. The minimum Gasteiger partial charge on any atom is -0.312 e. The molecule has 4 aromatic rings. The van der Waals surface area contributed by atoms with E-state index in [9.17, 15) is 9.18 Å². The molecular formula is C23H20FN3OS. The number of nitrogens with zero attached hydrogens (tertiary/aromatic N) is 3. The summed E-state index contributed by atoms with van der Waals surface area (Å²) < 4.78 is 16.1. The second kappa shape index (κ2) is 7.44. The zero-order valence-corrected chi connectivity index (χ0v) is 16.7. The van der Waals surface area contributed by atoms with Crippen molar-refractivity contribution in [2.24, 2.45) is 0 Å². The first-order chi connectivity index (χ1) is 14.2. The van der Waals surface area contributed by atoms with Crippen LogP contribution in [0.3, 0.4) is 0 Å². The lowest BCUT2D eigenvalue weighted by molar-refractivity contribution is -0.118. The van der Waals surface area contributed by atoms with E-state index in [1.807, 2.05) is 45.1 Å². The normalized spacial score (nSPS) is 13.6. The van der Waals surface area contributed by atoms with Gasteiger partial charge in [-0.05, 0) is 43.0 Å². The molecule has 3 heterocycles. The van der Waals surface area contributed by atoms with E-state index < -0.39 is 0 Å². The fourth-order valence-corrected chi connectivity index (χ4v) is 4.88. The largest absolute Gasteiger partial charge is 0.312 e. The molecule has 0 N–H and O–H groups in total. The summed E-state index contributed by atoms with van der Waals surface area (Å²) in [6.45, 7) is 0.775. The average molecular weight is 405 g/mol. The molecule has 6 heteroatoms. The van der Waals surface area contributed by atoms with Gasteiger partial charge in [0.1, 0.15) is 5.82 Å². The number of para-hydroxylation sites is 1. The smallest absolute Gasteiger partial charge is 0.227 e. The summed E-state index contributed by atoms with van der Waals surface area (Å²) in [5.74, 6) is -0.135. The van der Waals surface area contributed by atoms with Crippen molar-refractivity contribution in [3.8, 4) is 11.3 Å². The number of thiazole rings is 1. The van der Waals surface area contributed by atoms with Gasteiger partial charge in [0.15, 0.2) is 4.96 Å². The maximum absolute atomic E-state index is 14.1. The lowest BCUT2D eigenvalue weighted by Crippen LogP contribution is -2.35. The summed E-state index contributed by atoms with van der Waals surface area (Å²) in [7, 11) is 0. The van der Waals surface area contributed by atoms with Crippen LogP contribution in [0.5, 0.6) is 0 Å². The third-order valence-corrected chi connectivity index (χ3v) is 6.33. The highest BCUT2D eigenvalue weighted by molar-refractivity contribution is 7.15. The van der Waals surface area contributed by atoms with Gasteiger partial charge in [-0.25, -0.2) is 9.37 Å². The molecule has 0 aliphatic carbocycles. The Morgan fingerprint density at radius 2 is 1.97 bits per heavy atom. The quantitative estimate of drug-likeness (QED) is 0.473. The Bertz CT molecular complexity index is 1200. The number of anilines is 1. The molecule has 0 fully saturated rings. The topological polar surface area (TPSA) is 37.6 Å². The Labute approximate surface area is 172 Å². The van der Waals surface area contributed by atoms with Gasteiger partial charge in [0.05, 0.1) is 5.69 Å². The Balaban J connectivity index is 1.35. The predicted octanol–water partition coefficient (Wildman–Crippen LogP) is 5.11. The monoisotopic (exact) mass is 405 g/mol. The number of rotatable bonds is 4. The van der Waals surface area contributed by atoms with Gasteiger partial charge in [-0.2, -0.15) is 0 Å². The average Bonchev–Trinajstić information content (AvgIpc) is 3.33. The summed E-state index contributed by atoms with van der Waals surface area (Å²) in [4.78, 5) is 20.2. The van der Waals surface area contributed by atoms with Crippen molar-refractivity contribution in [3.05, 3.63) is 77.2 Å². The molecule has 0 saturated carbocycles. The number of aryl methyl sites for hydroxylation is 2. The standard InChI is InChI=1S/C23H20FN3OS/c24-19-9-3-2-8-18(19)20-14-27-17(15-29-23(27)25-20)11-12-22(28)26-13-5-7-16-6-1-4-10-21(16)26/h1-4,6,8-10,14-15H,5,7,11-13H2. The van der Waals surface area contributed by atoms with Crippen LogP contribution in [0.25, 0.3) is 16.2 Å². The van der Waals surface area contributed by atoms with Crippen molar-refractivity contribution in [3.63, 3.8) is 0 Å². The Hall–Kier alpha value is -2.99. The number of fused-ring (bicyclic) bond motifs is 2. The molecule has 4 nitrogen and oxygen atoms in total. The summed E-state index contributed by atoms with van der Waals surface area (Å²) in [6.07, 6.45) is 4.95. The van der Waals surface area contributed by atoms with Crippen LogP contribution in [0.1, 0.15) is 24.1 Å². The summed E-state index contributed by atoms with van der Waals surface area (Å²) >= 11 is 1.52. The van der Waals surface area contributed by atoms with Crippen LogP contribution in [-0.4, -0.2) is 21.8 Å². The lowest BCUT2D eigenvalue weighted by Gasteiger charge is -2.29. The molecule has 0 unspecified atom stereocenters. The molecule has 0 atom stereocenters. The van der Waals surface area contributed by atoms with E-state index in [-0.39, 0.29) is 11.7 Å². The zero-order valence-electron chi connectivity index (χ0n) is 15.8. The third kappa shape index (κ3) is 3.34. The highest BCUT2D eigenvalue weighted by Gasteiger charge is 2.22. The maximum Gasteiger partial charge on any atom is 0.227 e. The van der Waals surface area contributed by atoms with Gasteiger partial charge in [0.2, 0.25) is 5.91 Å². The molecular weight excluding hydrogens is 385 g/mol. The number of aromatic nitrogens is 2. The van der Waals surface area contributed by atoms with Crippen molar-refractivity contribution >= 4 is 27.9 Å². The van der Waals surface area contributed by atoms with Gasteiger partial charge in [0, 0.05) is 41.5 Å². The summed E-state index contributed by atoms with van der Waals surface area (Å²) in [5, 5.41) is 2.03. The van der Waals surface area contributed by atoms with Gasteiger partial charge >= 0.3 is 0 Å². The van der Waals surface area contributed by atoms with Gasteiger partial charge in [-0.3, -0.25) is 9.20 Å². The second-order valence-electron chi connectivity index (χ2n) is 7.26. The number of hydrogen-bond donors (Lipinski definition) is 0. The highest BCUT2D eigenvalue weighted by Crippen LogP contribution is 2.29. The van der Waals surface area contributed by atoms with Gasteiger partial charge in [0.25, 0.3) is 0 Å².